The van der Waals surface area contributed by atoms with E-state index in [0.717, 1.165) is 43.7 Å². The molecule has 0 radical (unpaired) electrons. The second-order valence-electron chi connectivity index (χ2n) is 5.59. The van der Waals surface area contributed by atoms with E-state index >= 15 is 0 Å². The van der Waals surface area contributed by atoms with Gasteiger partial charge >= 0.3 is 0 Å². The summed E-state index contributed by atoms with van der Waals surface area (Å²) in [6, 6.07) is 3.05. The summed E-state index contributed by atoms with van der Waals surface area (Å²) in [7, 11) is 0. The SMILES string of the molecule is C=C(C)C[C@H](c1c(C)ccc(F)c1O)N1CCNCC1. The van der Waals surface area contributed by atoms with Crippen LogP contribution in [0.1, 0.15) is 30.5 Å². The minimum Gasteiger partial charge on any atom is -0.505 e. The molecule has 1 aliphatic rings. The molecule has 1 aromatic carbocycles. The van der Waals surface area contributed by atoms with Crippen molar-refractivity contribution in [3.8, 4) is 5.75 Å². The Balaban J connectivity index is 2.40. The number of hydrogen-bond acceptors (Lipinski definition) is 3. The highest BCUT2D eigenvalue weighted by atomic mass is 19.1. The van der Waals surface area contributed by atoms with Crippen molar-refractivity contribution in [3.05, 3.63) is 41.2 Å². The van der Waals surface area contributed by atoms with Crippen LogP contribution in [-0.4, -0.2) is 36.2 Å². The summed E-state index contributed by atoms with van der Waals surface area (Å²) >= 11 is 0. The fourth-order valence-corrected chi connectivity index (χ4v) is 2.84. The minimum absolute atomic E-state index is 0.00898. The van der Waals surface area contributed by atoms with Crippen LogP contribution in [0.25, 0.3) is 0 Å². The van der Waals surface area contributed by atoms with Gasteiger partial charge in [-0.15, -0.1) is 6.58 Å². The quantitative estimate of drug-likeness (QED) is 0.831. The molecule has 2 N–H and O–H groups in total. The van der Waals surface area contributed by atoms with Crippen molar-refractivity contribution in [1.29, 1.82) is 0 Å². The van der Waals surface area contributed by atoms with Crippen molar-refractivity contribution >= 4 is 0 Å². The van der Waals surface area contributed by atoms with Gasteiger partial charge in [-0.1, -0.05) is 11.6 Å². The monoisotopic (exact) mass is 278 g/mol. The molecule has 0 saturated carbocycles. The third kappa shape index (κ3) is 3.19. The van der Waals surface area contributed by atoms with Gasteiger partial charge in [0.25, 0.3) is 0 Å². The molecule has 2 rings (SSSR count). The number of rotatable bonds is 4. The Morgan fingerprint density at radius 3 is 2.70 bits per heavy atom. The van der Waals surface area contributed by atoms with E-state index in [0.29, 0.717) is 5.56 Å². The molecule has 1 saturated heterocycles. The average molecular weight is 278 g/mol. The zero-order valence-electron chi connectivity index (χ0n) is 12.2. The number of aryl methyl sites for hydroxylation is 1. The minimum atomic E-state index is -0.549. The number of halogens is 1. The summed E-state index contributed by atoms with van der Waals surface area (Å²) in [6.45, 7) is 11.5. The topological polar surface area (TPSA) is 35.5 Å². The van der Waals surface area contributed by atoms with Gasteiger partial charge in [0.2, 0.25) is 0 Å². The molecular weight excluding hydrogens is 255 g/mol. The largest absolute Gasteiger partial charge is 0.505 e. The third-order valence-corrected chi connectivity index (χ3v) is 3.85. The van der Waals surface area contributed by atoms with Gasteiger partial charge in [-0.3, -0.25) is 4.90 Å². The Morgan fingerprint density at radius 2 is 2.10 bits per heavy atom. The number of hydrogen-bond donors (Lipinski definition) is 2. The second-order valence-corrected chi connectivity index (χ2v) is 5.59. The summed E-state index contributed by atoms with van der Waals surface area (Å²) < 4.78 is 13.7. The highest BCUT2D eigenvalue weighted by Crippen LogP contribution is 2.37. The molecule has 1 atom stereocenters. The lowest BCUT2D eigenvalue weighted by atomic mass is 9.93. The molecule has 0 spiro atoms. The molecule has 1 fully saturated rings. The normalized spacial score (nSPS) is 17.9. The number of aromatic hydroxyl groups is 1. The number of phenolic OH excluding ortho intramolecular Hbond substituents is 1. The van der Waals surface area contributed by atoms with Gasteiger partial charge in [-0.25, -0.2) is 4.39 Å². The Morgan fingerprint density at radius 1 is 1.45 bits per heavy atom. The first-order chi connectivity index (χ1) is 9.50. The number of nitrogens with zero attached hydrogens (tertiary/aromatic N) is 1. The van der Waals surface area contributed by atoms with Crippen molar-refractivity contribution in [1.82, 2.24) is 10.2 Å². The molecule has 1 heterocycles. The van der Waals surface area contributed by atoms with E-state index in [1.54, 1.807) is 6.07 Å². The lowest BCUT2D eigenvalue weighted by Gasteiger charge is -2.36. The van der Waals surface area contributed by atoms with Crippen LogP contribution < -0.4 is 5.32 Å². The zero-order chi connectivity index (χ0) is 14.7. The smallest absolute Gasteiger partial charge is 0.165 e. The summed E-state index contributed by atoms with van der Waals surface area (Å²) in [6.07, 6.45) is 0.734. The summed E-state index contributed by atoms with van der Waals surface area (Å²) in [4.78, 5) is 2.30. The highest BCUT2D eigenvalue weighted by Gasteiger charge is 2.27. The molecule has 3 nitrogen and oxygen atoms in total. The third-order valence-electron chi connectivity index (χ3n) is 3.85. The van der Waals surface area contributed by atoms with Gasteiger partial charge in [0.1, 0.15) is 0 Å². The maximum absolute atomic E-state index is 13.7. The van der Waals surface area contributed by atoms with Crippen LogP contribution in [0, 0.1) is 12.7 Å². The van der Waals surface area contributed by atoms with Crippen molar-refractivity contribution in [3.63, 3.8) is 0 Å². The molecule has 1 aliphatic heterocycles. The molecule has 110 valence electrons. The predicted octanol–water partition coefficient (Wildman–Crippen LogP) is 2.75. The van der Waals surface area contributed by atoms with Crippen LogP contribution in [0.15, 0.2) is 24.3 Å². The van der Waals surface area contributed by atoms with Crippen LogP contribution in [-0.2, 0) is 0 Å². The Labute approximate surface area is 120 Å². The molecule has 0 amide bonds. The van der Waals surface area contributed by atoms with E-state index in [2.05, 4.69) is 16.8 Å². The summed E-state index contributed by atoms with van der Waals surface area (Å²) in [5.41, 5.74) is 2.67. The Kier molecular flexibility index (Phi) is 4.78. The summed E-state index contributed by atoms with van der Waals surface area (Å²) in [5, 5.41) is 13.5. The van der Waals surface area contributed by atoms with E-state index in [-0.39, 0.29) is 11.8 Å². The van der Waals surface area contributed by atoms with Crippen LogP contribution in [0.5, 0.6) is 5.75 Å². The first-order valence-corrected chi connectivity index (χ1v) is 7.08. The zero-order valence-corrected chi connectivity index (χ0v) is 12.2. The maximum Gasteiger partial charge on any atom is 0.165 e. The van der Waals surface area contributed by atoms with Crippen LogP contribution in [0.3, 0.4) is 0 Å². The highest BCUT2D eigenvalue weighted by molar-refractivity contribution is 5.42. The molecule has 4 heteroatoms. The summed E-state index contributed by atoms with van der Waals surface area (Å²) in [5.74, 6) is -0.762. The standard InChI is InChI=1S/C16H23FN2O/c1-11(2)10-14(19-8-6-18-7-9-19)15-12(3)4-5-13(17)16(15)20/h4-5,14,18,20H,1,6-10H2,2-3H3/t14-/m1/s1. The van der Waals surface area contributed by atoms with Crippen LogP contribution in [0.2, 0.25) is 0 Å². The predicted molar refractivity (Wildman–Crippen MR) is 79.4 cm³/mol. The van der Waals surface area contributed by atoms with Gasteiger partial charge in [-0.2, -0.15) is 0 Å². The van der Waals surface area contributed by atoms with Gasteiger partial charge in [-0.05, 0) is 31.9 Å². The van der Waals surface area contributed by atoms with Gasteiger partial charge in [0, 0.05) is 37.8 Å². The lowest BCUT2D eigenvalue weighted by Crippen LogP contribution is -2.45. The van der Waals surface area contributed by atoms with Gasteiger partial charge in [0.05, 0.1) is 0 Å². The van der Waals surface area contributed by atoms with Crippen LogP contribution >= 0.6 is 0 Å². The maximum atomic E-state index is 13.7. The Hall–Kier alpha value is -1.39. The number of piperazine rings is 1. The van der Waals surface area contributed by atoms with Crippen molar-refractivity contribution in [2.24, 2.45) is 0 Å². The number of nitrogens with one attached hydrogen (secondary N) is 1. The molecule has 0 aliphatic carbocycles. The molecule has 0 unspecified atom stereocenters. The van der Waals surface area contributed by atoms with Crippen LogP contribution in [0.4, 0.5) is 4.39 Å². The van der Waals surface area contributed by atoms with E-state index in [1.807, 2.05) is 13.8 Å². The van der Waals surface area contributed by atoms with Gasteiger partial charge < -0.3 is 10.4 Å². The Bertz CT molecular complexity index is 495. The molecular formula is C16H23FN2O. The van der Waals surface area contributed by atoms with E-state index in [1.165, 1.54) is 6.07 Å². The molecule has 0 aromatic heterocycles. The fraction of sp³-hybridized carbons (Fsp3) is 0.500. The first kappa shape index (κ1) is 15.0. The van der Waals surface area contributed by atoms with E-state index in [9.17, 15) is 9.50 Å². The number of phenols is 1. The number of benzene rings is 1. The van der Waals surface area contributed by atoms with E-state index in [4.69, 9.17) is 0 Å². The van der Waals surface area contributed by atoms with E-state index < -0.39 is 5.82 Å². The second kappa shape index (κ2) is 6.37. The van der Waals surface area contributed by atoms with Crippen molar-refractivity contribution in [2.45, 2.75) is 26.3 Å². The average Bonchev–Trinajstić information content (AvgIpc) is 2.43. The first-order valence-electron chi connectivity index (χ1n) is 7.08. The van der Waals surface area contributed by atoms with Crippen molar-refractivity contribution in [2.75, 3.05) is 26.2 Å². The lowest BCUT2D eigenvalue weighted by molar-refractivity contribution is 0.168. The molecule has 0 bridgehead atoms. The fourth-order valence-electron chi connectivity index (χ4n) is 2.84. The molecule has 20 heavy (non-hydrogen) atoms. The molecule has 1 aromatic rings. The van der Waals surface area contributed by atoms with Crippen molar-refractivity contribution < 1.29 is 9.50 Å². The van der Waals surface area contributed by atoms with Gasteiger partial charge in [0.15, 0.2) is 11.6 Å².